The number of ketones is 1. The normalized spacial score (nSPS) is 24.4. The number of rotatable bonds is 3. The van der Waals surface area contributed by atoms with E-state index in [0.717, 1.165) is 24.2 Å². The number of carbonyl (C=O) groups excluding carboxylic acids is 1. The smallest absolute Gasteiger partial charge is 0.185 e. The lowest BCUT2D eigenvalue weighted by Gasteiger charge is -2.42. The number of aryl methyl sites for hydroxylation is 1. The number of benzene rings is 1. The minimum atomic E-state index is -0.291. The second-order valence-electron chi connectivity index (χ2n) is 7.10. The topological polar surface area (TPSA) is 68.3 Å². The summed E-state index contributed by atoms with van der Waals surface area (Å²) in [6.45, 7) is 2.18. The van der Waals surface area contributed by atoms with Gasteiger partial charge < -0.3 is 5.73 Å². The molecule has 0 spiro atoms. The summed E-state index contributed by atoms with van der Waals surface area (Å²) in [5, 5.41) is 1.18. The third-order valence-electron chi connectivity index (χ3n) is 5.43. The maximum atomic E-state index is 12.6. The fourth-order valence-electron chi connectivity index (χ4n) is 3.91. The number of hydrogen-bond donors (Lipinski definition) is 1. The van der Waals surface area contributed by atoms with Crippen molar-refractivity contribution >= 4 is 34.3 Å². The Morgan fingerprint density at radius 3 is 3.00 bits per heavy atom. The van der Waals surface area contributed by atoms with Gasteiger partial charge in [0.2, 0.25) is 0 Å². The molecule has 26 heavy (non-hydrogen) atoms. The summed E-state index contributed by atoms with van der Waals surface area (Å²) in [5.74, 6) is 1.47. The number of amidine groups is 1. The number of hydrogen-bond acceptors (Lipinski definition) is 5. The van der Waals surface area contributed by atoms with E-state index in [9.17, 15) is 4.79 Å². The van der Waals surface area contributed by atoms with Crippen LogP contribution in [0.15, 0.2) is 41.5 Å². The van der Waals surface area contributed by atoms with E-state index in [0.29, 0.717) is 28.2 Å². The number of pyridine rings is 1. The summed E-state index contributed by atoms with van der Waals surface area (Å²) in [7, 11) is 0. The number of carbonyl (C=O) groups is 1. The van der Waals surface area contributed by atoms with Crippen LogP contribution in [0.25, 0.3) is 0 Å². The van der Waals surface area contributed by atoms with Crippen molar-refractivity contribution in [3.63, 3.8) is 0 Å². The standard InChI is InChI=1S/C20H20ClN3OS/c1-20-14(11-26-19(22)24-20)5-4-13-3-2-12(8-16(13)20)9-18(25)17-7-6-15(21)10-23-17/h2-3,6-8,10,14H,4-5,9,11H2,1H3,(H2,22,24)/t14-,20+/m1/s1. The molecule has 2 aromatic rings. The predicted octanol–water partition coefficient (Wildman–Crippen LogP) is 4.00. The van der Waals surface area contributed by atoms with Gasteiger partial charge in [-0.05, 0) is 54.5 Å². The summed E-state index contributed by atoms with van der Waals surface area (Å²) in [6, 6.07) is 9.69. The molecule has 4 rings (SSSR count). The molecule has 2 atom stereocenters. The number of fused-ring (bicyclic) bond motifs is 3. The molecule has 1 aliphatic carbocycles. The van der Waals surface area contributed by atoms with E-state index in [1.807, 2.05) is 6.07 Å². The van der Waals surface area contributed by atoms with Gasteiger partial charge in [0, 0.05) is 18.4 Å². The second-order valence-corrected chi connectivity index (χ2v) is 8.57. The summed E-state index contributed by atoms with van der Waals surface area (Å²) in [5.41, 5.74) is 9.69. The van der Waals surface area contributed by atoms with Crippen LogP contribution in [0.3, 0.4) is 0 Å². The van der Waals surface area contributed by atoms with Gasteiger partial charge >= 0.3 is 0 Å². The molecule has 0 saturated heterocycles. The highest BCUT2D eigenvalue weighted by atomic mass is 35.5. The van der Waals surface area contributed by atoms with Crippen molar-refractivity contribution in [3.8, 4) is 0 Å². The minimum absolute atomic E-state index is 0.0126. The Morgan fingerprint density at radius 2 is 2.23 bits per heavy atom. The lowest BCUT2D eigenvalue weighted by molar-refractivity contribution is 0.0988. The first-order chi connectivity index (χ1) is 12.5. The number of halogens is 1. The van der Waals surface area contributed by atoms with Gasteiger partial charge in [-0.3, -0.25) is 14.8 Å². The molecule has 2 N–H and O–H groups in total. The summed E-state index contributed by atoms with van der Waals surface area (Å²) >= 11 is 7.49. The van der Waals surface area contributed by atoms with E-state index in [1.54, 1.807) is 23.9 Å². The van der Waals surface area contributed by atoms with Gasteiger partial charge in [-0.2, -0.15) is 0 Å². The third-order valence-corrected chi connectivity index (χ3v) is 6.61. The molecule has 2 aliphatic rings. The lowest BCUT2D eigenvalue weighted by Crippen LogP contribution is -2.41. The zero-order valence-corrected chi connectivity index (χ0v) is 16.1. The van der Waals surface area contributed by atoms with Crippen LogP contribution in [0, 0.1) is 5.92 Å². The SMILES string of the molecule is C[C@]12N=C(N)SC[C@H]1CCc1ccc(CC(=O)c3ccc(Cl)cn3)cc12. The van der Waals surface area contributed by atoms with Crippen molar-refractivity contribution < 1.29 is 4.79 Å². The lowest BCUT2D eigenvalue weighted by atomic mass is 9.70. The van der Waals surface area contributed by atoms with Crippen LogP contribution in [-0.2, 0) is 18.4 Å². The second kappa shape index (κ2) is 6.71. The first-order valence-electron chi connectivity index (χ1n) is 8.71. The average molecular weight is 386 g/mol. The molecule has 2 heterocycles. The van der Waals surface area contributed by atoms with Crippen molar-refractivity contribution in [2.45, 2.75) is 31.7 Å². The fraction of sp³-hybridized carbons (Fsp3) is 0.350. The first kappa shape index (κ1) is 17.6. The monoisotopic (exact) mass is 385 g/mol. The molecule has 1 aromatic heterocycles. The van der Waals surface area contributed by atoms with Crippen LogP contribution < -0.4 is 5.73 Å². The highest BCUT2D eigenvalue weighted by molar-refractivity contribution is 8.13. The van der Waals surface area contributed by atoms with E-state index in [1.165, 1.54) is 17.3 Å². The third kappa shape index (κ3) is 3.14. The quantitative estimate of drug-likeness (QED) is 0.811. The fourth-order valence-corrected chi connectivity index (χ4v) is 5.14. The van der Waals surface area contributed by atoms with Crippen LogP contribution in [0.4, 0.5) is 0 Å². The number of nitrogens with two attached hydrogens (primary N) is 1. The zero-order chi connectivity index (χ0) is 18.3. The molecule has 0 amide bonds. The Bertz CT molecular complexity index is 896. The highest BCUT2D eigenvalue weighted by Crippen LogP contribution is 2.46. The van der Waals surface area contributed by atoms with Crippen molar-refractivity contribution in [2.24, 2.45) is 16.6 Å². The molecule has 0 bridgehead atoms. The molecule has 0 radical (unpaired) electrons. The van der Waals surface area contributed by atoms with Gasteiger partial charge in [0.15, 0.2) is 11.0 Å². The highest BCUT2D eigenvalue weighted by Gasteiger charge is 2.42. The number of aromatic nitrogens is 1. The number of thioether (sulfide) groups is 1. The van der Waals surface area contributed by atoms with Gasteiger partial charge in [-0.15, -0.1) is 0 Å². The van der Waals surface area contributed by atoms with Crippen molar-refractivity contribution in [1.29, 1.82) is 0 Å². The van der Waals surface area contributed by atoms with Gasteiger partial charge in [0.1, 0.15) is 5.69 Å². The Kier molecular flexibility index (Phi) is 4.53. The number of nitrogens with zero attached hydrogens (tertiary/aromatic N) is 2. The Hall–Kier alpha value is -1.85. The van der Waals surface area contributed by atoms with Crippen molar-refractivity contribution in [3.05, 3.63) is 63.9 Å². The van der Waals surface area contributed by atoms with Gasteiger partial charge in [-0.25, -0.2) is 0 Å². The van der Waals surface area contributed by atoms with Gasteiger partial charge in [0.25, 0.3) is 0 Å². The summed E-state index contributed by atoms with van der Waals surface area (Å²) in [4.78, 5) is 21.5. The van der Waals surface area contributed by atoms with Gasteiger partial charge in [-0.1, -0.05) is 41.6 Å². The maximum Gasteiger partial charge on any atom is 0.185 e. The van der Waals surface area contributed by atoms with Crippen LogP contribution in [0.5, 0.6) is 0 Å². The molecular weight excluding hydrogens is 366 g/mol. The molecule has 1 aromatic carbocycles. The van der Waals surface area contributed by atoms with E-state index >= 15 is 0 Å². The van der Waals surface area contributed by atoms with Crippen molar-refractivity contribution in [1.82, 2.24) is 4.98 Å². The molecule has 134 valence electrons. The zero-order valence-electron chi connectivity index (χ0n) is 14.5. The molecule has 6 heteroatoms. The van der Waals surface area contributed by atoms with Gasteiger partial charge in [0.05, 0.1) is 10.6 Å². The van der Waals surface area contributed by atoms with E-state index in [4.69, 9.17) is 22.3 Å². The summed E-state index contributed by atoms with van der Waals surface area (Å²) < 4.78 is 0. The minimum Gasteiger partial charge on any atom is -0.379 e. The van der Waals surface area contributed by atoms with E-state index < -0.39 is 0 Å². The van der Waals surface area contributed by atoms with E-state index in [2.05, 4.69) is 24.0 Å². The Labute approximate surface area is 162 Å². The molecule has 4 nitrogen and oxygen atoms in total. The summed E-state index contributed by atoms with van der Waals surface area (Å²) in [6.07, 6.45) is 4.00. The van der Waals surface area contributed by atoms with Crippen LogP contribution >= 0.6 is 23.4 Å². The largest absolute Gasteiger partial charge is 0.379 e. The number of Topliss-reactive ketones (excluding diaryl/α,β-unsaturated/α-hetero) is 1. The molecular formula is C20H20ClN3OS. The van der Waals surface area contributed by atoms with Crippen LogP contribution in [-0.4, -0.2) is 21.7 Å². The molecule has 0 fully saturated rings. The average Bonchev–Trinajstić information content (AvgIpc) is 2.62. The molecule has 0 unspecified atom stereocenters. The maximum absolute atomic E-state index is 12.6. The first-order valence-corrected chi connectivity index (χ1v) is 10.1. The van der Waals surface area contributed by atoms with Crippen LogP contribution in [0.1, 0.15) is 40.5 Å². The van der Waals surface area contributed by atoms with Crippen molar-refractivity contribution in [2.75, 3.05) is 5.75 Å². The molecule has 1 aliphatic heterocycles. The van der Waals surface area contributed by atoms with Crippen LogP contribution in [0.2, 0.25) is 5.02 Å². The Balaban J connectivity index is 1.65. The molecule has 0 saturated carbocycles. The van der Waals surface area contributed by atoms with E-state index in [-0.39, 0.29) is 11.3 Å². The number of aliphatic imine (C=N–C) groups is 1. The predicted molar refractivity (Wildman–Crippen MR) is 107 cm³/mol. The Morgan fingerprint density at radius 1 is 1.38 bits per heavy atom.